The lowest BCUT2D eigenvalue weighted by Gasteiger charge is -2.38. The van der Waals surface area contributed by atoms with Crippen molar-refractivity contribution in [2.45, 2.75) is 57.6 Å². The highest BCUT2D eigenvalue weighted by Gasteiger charge is 2.35. The predicted molar refractivity (Wildman–Crippen MR) is 71.6 cm³/mol. The van der Waals surface area contributed by atoms with Gasteiger partial charge >= 0.3 is 0 Å². The lowest BCUT2D eigenvalue weighted by atomic mass is 9.82. The lowest BCUT2D eigenvalue weighted by Crippen LogP contribution is -2.49. The molecule has 1 aliphatic carbocycles. The van der Waals surface area contributed by atoms with Gasteiger partial charge in [0.05, 0.1) is 5.60 Å². The van der Waals surface area contributed by atoms with Gasteiger partial charge < -0.3 is 15.0 Å². The normalized spacial score (nSPS) is 26.3. The molecule has 5 heteroatoms. The highest BCUT2D eigenvalue weighted by atomic mass is 16.5. The minimum atomic E-state index is -0.340. The zero-order valence-corrected chi connectivity index (χ0v) is 11.9. The van der Waals surface area contributed by atoms with Gasteiger partial charge in [0.25, 0.3) is 0 Å². The maximum absolute atomic E-state index is 12.3. The van der Waals surface area contributed by atoms with Gasteiger partial charge in [0.15, 0.2) is 0 Å². The molecule has 0 bridgehead atoms. The first kappa shape index (κ1) is 14.3. The van der Waals surface area contributed by atoms with Crippen molar-refractivity contribution in [1.29, 1.82) is 0 Å². The van der Waals surface area contributed by atoms with E-state index in [9.17, 15) is 9.59 Å². The van der Waals surface area contributed by atoms with Crippen LogP contribution in [0, 0.1) is 0 Å². The Hall–Kier alpha value is -1.10. The van der Waals surface area contributed by atoms with Crippen LogP contribution in [-0.2, 0) is 14.3 Å². The summed E-state index contributed by atoms with van der Waals surface area (Å²) >= 11 is 0. The van der Waals surface area contributed by atoms with Crippen molar-refractivity contribution < 1.29 is 14.3 Å². The molecule has 0 aromatic rings. The van der Waals surface area contributed by atoms with E-state index in [1.165, 1.54) is 6.42 Å². The Morgan fingerprint density at radius 3 is 2.79 bits per heavy atom. The first-order chi connectivity index (χ1) is 9.06. The summed E-state index contributed by atoms with van der Waals surface area (Å²) < 4.78 is 5.73. The fourth-order valence-corrected chi connectivity index (χ4v) is 2.72. The number of nitrogens with zero attached hydrogens (tertiary/aromatic N) is 1. The standard InChI is InChI=1S/C14H24N2O3/c1-3-11-13(18)15-8-5-9-16(11)12(17)10-19-14(2)6-4-7-14/h11H,3-10H2,1-2H3,(H,15,18)/t11-/m1/s1. The summed E-state index contributed by atoms with van der Waals surface area (Å²) in [4.78, 5) is 25.8. The predicted octanol–water partition coefficient (Wildman–Crippen LogP) is 1.07. The SMILES string of the molecule is CC[C@@H]1C(=O)NCCCN1C(=O)COC1(C)CCC1. The average molecular weight is 268 g/mol. The monoisotopic (exact) mass is 268 g/mol. The van der Waals surface area contributed by atoms with E-state index in [2.05, 4.69) is 12.2 Å². The number of carbonyl (C=O) groups is 2. The molecule has 1 saturated heterocycles. The molecule has 2 fully saturated rings. The van der Waals surface area contributed by atoms with Crippen molar-refractivity contribution in [3.63, 3.8) is 0 Å². The van der Waals surface area contributed by atoms with Gasteiger partial charge in [-0.05, 0) is 39.0 Å². The summed E-state index contributed by atoms with van der Waals surface area (Å²) in [6.45, 7) is 5.37. The number of amides is 2. The molecule has 5 nitrogen and oxygen atoms in total. The molecule has 0 unspecified atom stereocenters. The van der Waals surface area contributed by atoms with E-state index in [0.29, 0.717) is 19.5 Å². The molecule has 0 spiro atoms. The minimum absolute atomic E-state index is 0.0387. The first-order valence-electron chi connectivity index (χ1n) is 7.27. The molecule has 0 radical (unpaired) electrons. The number of ether oxygens (including phenoxy) is 1. The van der Waals surface area contributed by atoms with E-state index < -0.39 is 0 Å². The van der Waals surface area contributed by atoms with Gasteiger partial charge in [0.2, 0.25) is 11.8 Å². The smallest absolute Gasteiger partial charge is 0.249 e. The van der Waals surface area contributed by atoms with Crippen molar-refractivity contribution in [2.24, 2.45) is 0 Å². The van der Waals surface area contributed by atoms with Gasteiger partial charge in [-0.2, -0.15) is 0 Å². The molecule has 2 aliphatic rings. The van der Waals surface area contributed by atoms with Gasteiger partial charge in [0, 0.05) is 13.1 Å². The second kappa shape index (κ2) is 5.90. The van der Waals surface area contributed by atoms with Gasteiger partial charge in [-0.3, -0.25) is 9.59 Å². The van der Waals surface area contributed by atoms with E-state index in [1.54, 1.807) is 4.90 Å². The zero-order valence-electron chi connectivity index (χ0n) is 11.9. The van der Waals surface area contributed by atoms with Crippen LogP contribution in [0.1, 0.15) is 46.0 Å². The summed E-state index contributed by atoms with van der Waals surface area (Å²) in [5.74, 6) is -0.0970. The van der Waals surface area contributed by atoms with E-state index in [4.69, 9.17) is 4.74 Å². The largest absolute Gasteiger partial charge is 0.365 e. The van der Waals surface area contributed by atoms with Gasteiger partial charge in [-0.1, -0.05) is 6.92 Å². The quantitative estimate of drug-likeness (QED) is 0.830. The third-order valence-electron chi connectivity index (χ3n) is 4.22. The highest BCUT2D eigenvalue weighted by molar-refractivity contribution is 5.88. The van der Waals surface area contributed by atoms with Crippen molar-refractivity contribution in [1.82, 2.24) is 10.2 Å². The molecule has 108 valence electrons. The van der Waals surface area contributed by atoms with Crippen LogP contribution < -0.4 is 5.32 Å². The maximum atomic E-state index is 12.3. The van der Waals surface area contributed by atoms with E-state index in [0.717, 1.165) is 19.3 Å². The third-order valence-corrected chi connectivity index (χ3v) is 4.22. The Labute approximate surface area is 114 Å². The summed E-state index contributed by atoms with van der Waals surface area (Å²) in [7, 11) is 0. The van der Waals surface area contributed by atoms with Crippen LogP contribution in [0.15, 0.2) is 0 Å². The van der Waals surface area contributed by atoms with Gasteiger partial charge in [-0.25, -0.2) is 0 Å². The molecular formula is C14H24N2O3. The lowest BCUT2D eigenvalue weighted by molar-refractivity contribution is -0.153. The van der Waals surface area contributed by atoms with Crippen molar-refractivity contribution in [2.75, 3.05) is 19.7 Å². The topological polar surface area (TPSA) is 58.6 Å². The fourth-order valence-electron chi connectivity index (χ4n) is 2.72. The van der Waals surface area contributed by atoms with Gasteiger partial charge in [-0.15, -0.1) is 0 Å². The van der Waals surface area contributed by atoms with E-state index >= 15 is 0 Å². The highest BCUT2D eigenvalue weighted by Crippen LogP contribution is 2.34. The number of hydrogen-bond donors (Lipinski definition) is 1. The molecule has 0 aromatic heterocycles. The second-order valence-electron chi connectivity index (χ2n) is 5.75. The number of rotatable bonds is 4. The Morgan fingerprint density at radius 2 is 2.21 bits per heavy atom. The van der Waals surface area contributed by atoms with Crippen LogP contribution in [0.5, 0.6) is 0 Å². The molecular weight excluding hydrogens is 244 g/mol. The van der Waals surface area contributed by atoms with E-state index in [-0.39, 0.29) is 30.1 Å². The third kappa shape index (κ3) is 3.26. The fraction of sp³-hybridized carbons (Fsp3) is 0.857. The summed E-state index contributed by atoms with van der Waals surface area (Å²) in [6.07, 6.45) is 4.68. The molecule has 1 saturated carbocycles. The van der Waals surface area contributed by atoms with Gasteiger partial charge in [0.1, 0.15) is 12.6 Å². The first-order valence-corrected chi connectivity index (χ1v) is 7.27. The molecule has 1 atom stereocenters. The van der Waals surface area contributed by atoms with Crippen LogP contribution in [0.25, 0.3) is 0 Å². The summed E-state index contributed by atoms with van der Waals surface area (Å²) in [6, 6.07) is -0.340. The van der Waals surface area contributed by atoms with Crippen molar-refractivity contribution in [3.05, 3.63) is 0 Å². The second-order valence-corrected chi connectivity index (χ2v) is 5.75. The molecule has 1 heterocycles. The molecule has 1 N–H and O–H groups in total. The Morgan fingerprint density at radius 1 is 1.47 bits per heavy atom. The van der Waals surface area contributed by atoms with E-state index in [1.807, 2.05) is 6.92 Å². The van der Waals surface area contributed by atoms with Crippen LogP contribution in [0.3, 0.4) is 0 Å². The number of hydrogen-bond acceptors (Lipinski definition) is 3. The minimum Gasteiger partial charge on any atom is -0.365 e. The average Bonchev–Trinajstić information content (AvgIpc) is 2.55. The molecule has 19 heavy (non-hydrogen) atoms. The van der Waals surface area contributed by atoms with Crippen LogP contribution in [0.2, 0.25) is 0 Å². The Balaban J connectivity index is 1.93. The van der Waals surface area contributed by atoms with Crippen LogP contribution in [0.4, 0.5) is 0 Å². The van der Waals surface area contributed by atoms with Crippen LogP contribution in [-0.4, -0.2) is 48.1 Å². The van der Waals surface area contributed by atoms with Crippen molar-refractivity contribution in [3.8, 4) is 0 Å². The van der Waals surface area contributed by atoms with Crippen LogP contribution >= 0.6 is 0 Å². The zero-order chi connectivity index (χ0) is 13.9. The number of nitrogens with one attached hydrogen (secondary N) is 1. The Kier molecular flexibility index (Phi) is 4.45. The van der Waals surface area contributed by atoms with Crippen molar-refractivity contribution >= 4 is 11.8 Å². The maximum Gasteiger partial charge on any atom is 0.249 e. The molecule has 2 amide bonds. The number of carbonyl (C=O) groups excluding carboxylic acids is 2. The summed E-state index contributed by atoms with van der Waals surface area (Å²) in [5.41, 5.74) is -0.120. The molecule has 0 aromatic carbocycles. The Bertz CT molecular complexity index is 353. The molecule has 1 aliphatic heterocycles. The molecule has 2 rings (SSSR count). The summed E-state index contributed by atoms with van der Waals surface area (Å²) in [5, 5.41) is 2.85.